The van der Waals surface area contributed by atoms with Crippen LogP contribution in [-0.4, -0.2) is 29.7 Å². The summed E-state index contributed by atoms with van der Waals surface area (Å²) < 4.78 is 23.3. The monoisotopic (exact) mass is 358 g/mol. The molecule has 0 saturated heterocycles. The molecule has 0 saturated carbocycles. The Balaban J connectivity index is 1.79. The van der Waals surface area contributed by atoms with Gasteiger partial charge in [-0.05, 0) is 36.6 Å². The third-order valence-corrected chi connectivity index (χ3v) is 4.59. The Bertz CT molecular complexity index is 822. The molecule has 0 aliphatic carbocycles. The number of ether oxygens (including phenoxy) is 1. The van der Waals surface area contributed by atoms with Crippen molar-refractivity contribution in [2.75, 3.05) is 19.5 Å². The van der Waals surface area contributed by atoms with E-state index in [1.807, 2.05) is 48.5 Å². The van der Waals surface area contributed by atoms with Gasteiger partial charge in [0, 0.05) is 16.9 Å². The molecular formula is C19H19FN2O2S. The second kappa shape index (κ2) is 8.67. The number of rotatable bonds is 8. The van der Waals surface area contributed by atoms with Gasteiger partial charge in [0.15, 0.2) is 0 Å². The Morgan fingerprint density at radius 1 is 1.04 bits per heavy atom. The fraction of sp³-hybridized carbons (Fsp3) is 0.263. The predicted molar refractivity (Wildman–Crippen MR) is 97.7 cm³/mol. The highest BCUT2D eigenvalue weighted by Gasteiger charge is 2.11. The van der Waals surface area contributed by atoms with Gasteiger partial charge in [-0.15, -0.1) is 10.2 Å². The Morgan fingerprint density at radius 2 is 1.88 bits per heavy atom. The first-order valence-electron chi connectivity index (χ1n) is 8.08. The molecule has 2 aromatic carbocycles. The molecule has 0 unspecified atom stereocenters. The molecule has 0 bridgehead atoms. The fourth-order valence-electron chi connectivity index (χ4n) is 2.44. The zero-order valence-corrected chi connectivity index (χ0v) is 14.8. The molecular weight excluding hydrogens is 339 g/mol. The summed E-state index contributed by atoms with van der Waals surface area (Å²) >= 11 is 1.46. The first kappa shape index (κ1) is 17.5. The molecule has 0 aliphatic heterocycles. The molecule has 1 heterocycles. The van der Waals surface area contributed by atoms with Gasteiger partial charge in [-0.3, -0.25) is 4.39 Å². The molecule has 0 radical (unpaired) electrons. The summed E-state index contributed by atoms with van der Waals surface area (Å²) in [5.41, 5.74) is 2.88. The third kappa shape index (κ3) is 4.39. The largest absolute Gasteiger partial charge is 0.496 e. The van der Waals surface area contributed by atoms with Gasteiger partial charge in [-0.1, -0.05) is 42.1 Å². The minimum atomic E-state index is -0.286. The van der Waals surface area contributed by atoms with E-state index in [4.69, 9.17) is 9.15 Å². The first-order valence-corrected chi connectivity index (χ1v) is 9.06. The van der Waals surface area contributed by atoms with E-state index >= 15 is 0 Å². The number of halogens is 1. The number of methoxy groups -OCH3 is 1. The highest BCUT2D eigenvalue weighted by Crippen LogP contribution is 2.32. The number of alkyl halides is 1. The van der Waals surface area contributed by atoms with E-state index in [0.717, 1.165) is 34.6 Å². The maximum Gasteiger partial charge on any atom is 0.276 e. The first-order chi connectivity index (χ1) is 12.3. The zero-order chi connectivity index (χ0) is 17.5. The summed E-state index contributed by atoms with van der Waals surface area (Å²) in [5, 5.41) is 8.68. The standard InChI is InChI=1S/C19H19FN2O2S/c1-23-17-10-3-2-9-16(17)14-7-6-8-15(13-14)18-21-22-19(24-18)25-12-5-4-11-20/h2-3,6-10,13H,4-5,11-12H2,1H3. The van der Waals surface area contributed by atoms with Crippen LogP contribution in [0.3, 0.4) is 0 Å². The van der Waals surface area contributed by atoms with Crippen LogP contribution in [0.1, 0.15) is 12.8 Å². The lowest BCUT2D eigenvalue weighted by Crippen LogP contribution is -1.88. The number of unbranched alkanes of at least 4 members (excludes halogenated alkanes) is 1. The Labute approximate surface area is 150 Å². The lowest BCUT2D eigenvalue weighted by molar-refractivity contribution is 0.416. The number of hydrogen-bond donors (Lipinski definition) is 0. The molecule has 0 spiro atoms. The minimum absolute atomic E-state index is 0.286. The number of nitrogens with zero attached hydrogens (tertiary/aromatic N) is 2. The Hall–Kier alpha value is -2.34. The van der Waals surface area contributed by atoms with Gasteiger partial charge in [0.1, 0.15) is 5.75 Å². The van der Waals surface area contributed by atoms with Crippen molar-refractivity contribution in [2.24, 2.45) is 0 Å². The number of para-hydroxylation sites is 1. The van der Waals surface area contributed by atoms with E-state index in [1.165, 1.54) is 11.8 Å². The minimum Gasteiger partial charge on any atom is -0.496 e. The van der Waals surface area contributed by atoms with Crippen molar-refractivity contribution < 1.29 is 13.5 Å². The maximum atomic E-state index is 12.1. The van der Waals surface area contributed by atoms with Crippen LogP contribution in [-0.2, 0) is 0 Å². The summed E-state index contributed by atoms with van der Waals surface area (Å²) in [4.78, 5) is 0. The van der Waals surface area contributed by atoms with Crippen molar-refractivity contribution in [3.8, 4) is 28.3 Å². The van der Waals surface area contributed by atoms with Crippen LogP contribution in [0.4, 0.5) is 4.39 Å². The topological polar surface area (TPSA) is 48.2 Å². The Kier molecular flexibility index (Phi) is 6.06. The summed E-state index contributed by atoms with van der Waals surface area (Å²) in [6, 6.07) is 15.8. The normalized spacial score (nSPS) is 10.8. The van der Waals surface area contributed by atoms with Crippen LogP contribution in [0.25, 0.3) is 22.6 Å². The van der Waals surface area contributed by atoms with Crippen molar-refractivity contribution in [1.82, 2.24) is 10.2 Å². The van der Waals surface area contributed by atoms with Crippen LogP contribution in [0.2, 0.25) is 0 Å². The highest BCUT2D eigenvalue weighted by atomic mass is 32.2. The molecule has 3 rings (SSSR count). The van der Waals surface area contributed by atoms with E-state index in [-0.39, 0.29) is 6.67 Å². The summed E-state index contributed by atoms with van der Waals surface area (Å²) in [5.74, 6) is 2.06. The molecule has 3 aromatic rings. The summed E-state index contributed by atoms with van der Waals surface area (Å²) in [6.07, 6.45) is 1.36. The zero-order valence-electron chi connectivity index (χ0n) is 13.9. The average molecular weight is 358 g/mol. The molecule has 0 amide bonds. The second-order valence-corrected chi connectivity index (χ2v) is 6.44. The molecule has 0 atom stereocenters. The second-order valence-electron chi connectivity index (χ2n) is 5.40. The van der Waals surface area contributed by atoms with E-state index < -0.39 is 0 Å². The van der Waals surface area contributed by atoms with Gasteiger partial charge in [-0.2, -0.15) is 0 Å². The van der Waals surface area contributed by atoms with Gasteiger partial charge in [0.05, 0.1) is 13.8 Å². The molecule has 0 aliphatic rings. The van der Waals surface area contributed by atoms with Crippen LogP contribution < -0.4 is 4.74 Å². The van der Waals surface area contributed by atoms with Crippen LogP contribution in [0, 0.1) is 0 Å². The van der Waals surface area contributed by atoms with E-state index in [9.17, 15) is 4.39 Å². The molecule has 6 heteroatoms. The number of thioether (sulfide) groups is 1. The smallest absolute Gasteiger partial charge is 0.276 e. The van der Waals surface area contributed by atoms with Gasteiger partial charge < -0.3 is 9.15 Å². The van der Waals surface area contributed by atoms with Crippen molar-refractivity contribution in [2.45, 2.75) is 18.1 Å². The van der Waals surface area contributed by atoms with E-state index in [2.05, 4.69) is 10.2 Å². The summed E-state index contributed by atoms with van der Waals surface area (Å²) in [6.45, 7) is -0.286. The lowest BCUT2D eigenvalue weighted by atomic mass is 10.0. The third-order valence-electron chi connectivity index (χ3n) is 3.69. The molecule has 130 valence electrons. The Morgan fingerprint density at radius 3 is 2.72 bits per heavy atom. The van der Waals surface area contributed by atoms with Crippen molar-refractivity contribution in [3.63, 3.8) is 0 Å². The highest BCUT2D eigenvalue weighted by molar-refractivity contribution is 7.99. The molecule has 0 N–H and O–H groups in total. The van der Waals surface area contributed by atoms with Crippen LogP contribution >= 0.6 is 11.8 Å². The van der Waals surface area contributed by atoms with Gasteiger partial charge in [-0.25, -0.2) is 0 Å². The summed E-state index contributed by atoms with van der Waals surface area (Å²) in [7, 11) is 1.66. The van der Waals surface area contributed by atoms with Gasteiger partial charge >= 0.3 is 0 Å². The number of benzene rings is 2. The van der Waals surface area contributed by atoms with Crippen LogP contribution in [0.15, 0.2) is 58.2 Å². The number of aromatic nitrogens is 2. The van der Waals surface area contributed by atoms with Crippen molar-refractivity contribution >= 4 is 11.8 Å². The quantitative estimate of drug-likeness (QED) is 0.406. The van der Waals surface area contributed by atoms with Gasteiger partial charge in [0.25, 0.3) is 5.22 Å². The van der Waals surface area contributed by atoms with Crippen molar-refractivity contribution in [1.29, 1.82) is 0 Å². The number of hydrogen-bond acceptors (Lipinski definition) is 5. The fourth-order valence-corrected chi connectivity index (χ4v) is 3.20. The van der Waals surface area contributed by atoms with E-state index in [1.54, 1.807) is 7.11 Å². The average Bonchev–Trinajstić information content (AvgIpc) is 3.14. The predicted octanol–water partition coefficient (Wildman–Crippen LogP) is 5.25. The molecule has 1 aromatic heterocycles. The van der Waals surface area contributed by atoms with Crippen LogP contribution in [0.5, 0.6) is 5.75 Å². The lowest BCUT2D eigenvalue weighted by Gasteiger charge is -2.08. The molecule has 25 heavy (non-hydrogen) atoms. The molecule has 0 fully saturated rings. The van der Waals surface area contributed by atoms with Gasteiger partial charge in [0.2, 0.25) is 5.89 Å². The van der Waals surface area contributed by atoms with E-state index in [0.29, 0.717) is 17.5 Å². The SMILES string of the molecule is COc1ccccc1-c1cccc(-c2nnc(SCCCCF)o2)c1. The molecule has 4 nitrogen and oxygen atoms in total. The van der Waals surface area contributed by atoms with Crippen molar-refractivity contribution in [3.05, 3.63) is 48.5 Å². The maximum absolute atomic E-state index is 12.1.